The van der Waals surface area contributed by atoms with E-state index in [1.807, 2.05) is 24.3 Å². The maximum absolute atomic E-state index is 13.1. The summed E-state index contributed by atoms with van der Waals surface area (Å²) in [6.07, 6.45) is 14.8. The highest BCUT2D eigenvalue weighted by atomic mass is 35.5. The van der Waals surface area contributed by atoms with Crippen molar-refractivity contribution in [2.45, 2.75) is 76.5 Å². The van der Waals surface area contributed by atoms with Crippen molar-refractivity contribution in [2.75, 3.05) is 13.1 Å². The second-order valence-electron chi connectivity index (χ2n) is 9.95. The highest BCUT2D eigenvalue weighted by Gasteiger charge is 2.33. The Hall–Kier alpha value is -2.16. The van der Waals surface area contributed by atoms with Gasteiger partial charge in [0.2, 0.25) is 0 Å². The third-order valence-corrected chi connectivity index (χ3v) is 8.72. The van der Waals surface area contributed by atoms with Crippen molar-refractivity contribution in [3.63, 3.8) is 0 Å². The summed E-state index contributed by atoms with van der Waals surface area (Å²) in [6, 6.07) is -0.131. The molecule has 0 spiro atoms. The molecule has 1 aromatic rings. The minimum Gasteiger partial charge on any atom is -0.374 e. The Kier molecular flexibility index (Phi) is 7.60. The van der Waals surface area contributed by atoms with Crippen LogP contribution in [-0.4, -0.2) is 52.9 Å². The number of fused-ring (bicyclic) bond motifs is 2. The molecular weight excluding hydrogens is 482 g/mol. The normalized spacial score (nSPS) is 27.8. The Bertz CT molecular complexity index is 1060. The molecule has 1 aromatic heterocycles. The number of hydrogen-bond donors (Lipinski definition) is 3. The van der Waals surface area contributed by atoms with Crippen LogP contribution in [-0.2, 0) is 17.8 Å². The lowest BCUT2D eigenvalue weighted by atomic mass is 9.90. The van der Waals surface area contributed by atoms with E-state index in [9.17, 15) is 9.59 Å². The molecule has 2 aliphatic carbocycles. The summed E-state index contributed by atoms with van der Waals surface area (Å²) in [5.74, 6) is -0.158. The van der Waals surface area contributed by atoms with Gasteiger partial charge in [-0.05, 0) is 38.0 Å². The van der Waals surface area contributed by atoms with Gasteiger partial charge in [-0.15, -0.1) is 11.3 Å². The van der Waals surface area contributed by atoms with Crippen molar-refractivity contribution >= 4 is 34.8 Å². The third kappa shape index (κ3) is 5.65. The van der Waals surface area contributed by atoms with Gasteiger partial charge in [0.25, 0.3) is 11.8 Å². The van der Waals surface area contributed by atoms with E-state index in [2.05, 4.69) is 32.8 Å². The van der Waals surface area contributed by atoms with Crippen LogP contribution in [0.3, 0.4) is 0 Å². The molecule has 1 fully saturated rings. The summed E-state index contributed by atoms with van der Waals surface area (Å²) in [4.78, 5) is 34.5. The molecule has 188 valence electrons. The number of halogens is 1. The summed E-state index contributed by atoms with van der Waals surface area (Å²) in [6.45, 7) is 5.22. The second-order valence-corrected chi connectivity index (χ2v) is 11.5. The number of unbranched alkanes of at least 4 members (excludes halogenated alkanes) is 1. The molecule has 5 rings (SSSR count). The lowest BCUT2D eigenvalue weighted by Crippen LogP contribution is -2.54. The van der Waals surface area contributed by atoms with Gasteiger partial charge in [-0.25, -0.2) is 4.98 Å². The molecule has 0 aromatic carbocycles. The summed E-state index contributed by atoms with van der Waals surface area (Å²) in [5, 5.41) is 10.9. The number of nitrogens with zero attached hydrogens (tertiary/aromatic N) is 2. The van der Waals surface area contributed by atoms with E-state index in [0.29, 0.717) is 15.7 Å². The van der Waals surface area contributed by atoms with Crippen LogP contribution < -0.4 is 16.0 Å². The van der Waals surface area contributed by atoms with Crippen molar-refractivity contribution in [1.82, 2.24) is 25.8 Å². The van der Waals surface area contributed by atoms with E-state index in [0.717, 1.165) is 57.4 Å². The quantitative estimate of drug-likeness (QED) is 0.516. The van der Waals surface area contributed by atoms with Crippen molar-refractivity contribution < 1.29 is 9.59 Å². The number of carbonyl (C=O) groups excluding carboxylic acids is 2. The summed E-state index contributed by atoms with van der Waals surface area (Å²) in [5.41, 5.74) is 1.65. The number of allylic oxidation sites excluding steroid dienone is 2. The zero-order valence-corrected chi connectivity index (χ0v) is 21.8. The van der Waals surface area contributed by atoms with Crippen LogP contribution in [0.25, 0.3) is 0 Å². The van der Waals surface area contributed by atoms with Gasteiger partial charge in [-0.1, -0.05) is 49.9 Å². The first kappa shape index (κ1) is 24.5. The Labute approximate surface area is 216 Å². The van der Waals surface area contributed by atoms with Crippen molar-refractivity contribution in [3.05, 3.63) is 50.6 Å². The van der Waals surface area contributed by atoms with E-state index in [4.69, 9.17) is 11.6 Å². The average molecular weight is 516 g/mol. The van der Waals surface area contributed by atoms with Crippen molar-refractivity contribution in [3.8, 4) is 0 Å². The predicted octanol–water partition coefficient (Wildman–Crippen LogP) is 3.62. The fraction of sp³-hybridized carbons (Fsp3) is 0.577. The van der Waals surface area contributed by atoms with Gasteiger partial charge in [0.15, 0.2) is 5.01 Å². The zero-order chi connectivity index (χ0) is 24.4. The molecule has 35 heavy (non-hydrogen) atoms. The number of rotatable bonds is 7. The Morgan fingerprint density at radius 2 is 1.97 bits per heavy atom. The number of carbonyl (C=O) groups is 2. The smallest absolute Gasteiger partial charge is 0.280 e. The number of nitrogens with one attached hydrogen (secondary N) is 3. The van der Waals surface area contributed by atoms with Gasteiger partial charge in [0.05, 0.1) is 17.4 Å². The molecule has 0 radical (unpaired) electrons. The van der Waals surface area contributed by atoms with Gasteiger partial charge in [-0.3, -0.25) is 14.5 Å². The fourth-order valence-corrected chi connectivity index (χ4v) is 6.67. The SMILES string of the molecule is CCCCN1CCc2nc(C(=O)N[C@@H]3CCCC[C@@H]3NC(=O)C3=CC4C=C(Cl)C=CC4N3)sc2C1. The number of hydrogen-bond acceptors (Lipinski definition) is 6. The largest absolute Gasteiger partial charge is 0.374 e. The second kappa shape index (κ2) is 10.8. The average Bonchev–Trinajstić information content (AvgIpc) is 3.47. The minimum absolute atomic E-state index is 0.0638. The zero-order valence-electron chi connectivity index (χ0n) is 20.2. The van der Waals surface area contributed by atoms with E-state index in [1.165, 1.54) is 29.1 Å². The van der Waals surface area contributed by atoms with Gasteiger partial charge in [0, 0.05) is 47.4 Å². The topological polar surface area (TPSA) is 86.4 Å². The van der Waals surface area contributed by atoms with Crippen LogP contribution >= 0.6 is 22.9 Å². The van der Waals surface area contributed by atoms with Gasteiger partial charge >= 0.3 is 0 Å². The fourth-order valence-electron chi connectivity index (χ4n) is 5.40. The van der Waals surface area contributed by atoms with Crippen LogP contribution in [0, 0.1) is 5.92 Å². The minimum atomic E-state index is -0.125. The highest BCUT2D eigenvalue weighted by Crippen LogP contribution is 2.28. The monoisotopic (exact) mass is 515 g/mol. The van der Waals surface area contributed by atoms with E-state index < -0.39 is 0 Å². The van der Waals surface area contributed by atoms with Crippen LogP contribution in [0.4, 0.5) is 0 Å². The number of amides is 2. The molecule has 2 aliphatic heterocycles. The van der Waals surface area contributed by atoms with Crippen molar-refractivity contribution in [1.29, 1.82) is 0 Å². The molecular formula is C26H34ClN5O2S. The standard InChI is InChI=1S/C26H34ClN5O2S/c1-2-3-11-32-12-10-21-23(15-32)35-26(31-21)25(34)30-20-7-5-4-6-19(20)29-24(33)22-14-16-13-17(27)8-9-18(16)28-22/h8-9,13-14,16,18-20,28H,2-7,10-12,15H2,1H3,(H,29,33)(H,30,34)/t16?,18?,19-,20+/m0/s1. The molecule has 9 heteroatoms. The van der Waals surface area contributed by atoms with Crippen LogP contribution in [0.1, 0.15) is 65.8 Å². The van der Waals surface area contributed by atoms with Gasteiger partial charge in [-0.2, -0.15) is 0 Å². The maximum atomic E-state index is 13.1. The Morgan fingerprint density at radius 3 is 2.74 bits per heavy atom. The number of thiazole rings is 1. The van der Waals surface area contributed by atoms with E-state index in [1.54, 1.807) is 0 Å². The Morgan fingerprint density at radius 1 is 1.20 bits per heavy atom. The molecule has 3 heterocycles. The van der Waals surface area contributed by atoms with Crippen LogP contribution in [0.5, 0.6) is 0 Å². The van der Waals surface area contributed by atoms with Crippen molar-refractivity contribution in [2.24, 2.45) is 5.92 Å². The summed E-state index contributed by atoms with van der Waals surface area (Å²) in [7, 11) is 0. The van der Waals surface area contributed by atoms with Gasteiger partial charge in [0.1, 0.15) is 0 Å². The van der Waals surface area contributed by atoms with E-state index >= 15 is 0 Å². The molecule has 3 N–H and O–H groups in total. The molecule has 7 nitrogen and oxygen atoms in total. The van der Waals surface area contributed by atoms with Crippen LogP contribution in [0.2, 0.25) is 0 Å². The number of aromatic nitrogens is 1. The molecule has 1 saturated carbocycles. The molecule has 2 amide bonds. The first-order valence-electron chi connectivity index (χ1n) is 12.9. The molecule has 4 atom stereocenters. The maximum Gasteiger partial charge on any atom is 0.280 e. The lowest BCUT2D eigenvalue weighted by molar-refractivity contribution is -0.118. The Balaban J connectivity index is 1.20. The highest BCUT2D eigenvalue weighted by molar-refractivity contribution is 7.13. The molecule has 2 unspecified atom stereocenters. The van der Waals surface area contributed by atoms with Gasteiger partial charge < -0.3 is 16.0 Å². The first-order chi connectivity index (χ1) is 17.0. The van der Waals surface area contributed by atoms with Crippen LogP contribution in [0.15, 0.2) is 35.0 Å². The predicted molar refractivity (Wildman–Crippen MR) is 139 cm³/mol. The molecule has 0 saturated heterocycles. The molecule has 4 aliphatic rings. The summed E-state index contributed by atoms with van der Waals surface area (Å²) >= 11 is 7.64. The first-order valence-corrected chi connectivity index (χ1v) is 14.1. The third-order valence-electron chi connectivity index (χ3n) is 7.39. The van der Waals surface area contributed by atoms with E-state index in [-0.39, 0.29) is 35.9 Å². The summed E-state index contributed by atoms with van der Waals surface area (Å²) < 4.78 is 0. The molecule has 0 bridgehead atoms. The lowest BCUT2D eigenvalue weighted by Gasteiger charge is -2.32.